The highest BCUT2D eigenvalue weighted by Gasteiger charge is 2.24. The second-order valence-electron chi connectivity index (χ2n) is 6.43. The Kier molecular flexibility index (Phi) is 5.41. The molecule has 6 heteroatoms. The fourth-order valence-electron chi connectivity index (χ4n) is 2.72. The van der Waals surface area contributed by atoms with Gasteiger partial charge >= 0.3 is 6.03 Å². The average Bonchev–Trinajstić information content (AvgIpc) is 3.38. The summed E-state index contributed by atoms with van der Waals surface area (Å²) < 4.78 is 0. The van der Waals surface area contributed by atoms with Crippen molar-refractivity contribution in [1.29, 1.82) is 0 Å². The molecule has 0 radical (unpaired) electrons. The summed E-state index contributed by atoms with van der Waals surface area (Å²) in [5, 5.41) is 8.88. The van der Waals surface area contributed by atoms with Crippen LogP contribution in [0.3, 0.4) is 0 Å². The van der Waals surface area contributed by atoms with Gasteiger partial charge in [-0.1, -0.05) is 23.8 Å². The number of benzene rings is 1. The summed E-state index contributed by atoms with van der Waals surface area (Å²) in [4.78, 5) is 24.0. The van der Waals surface area contributed by atoms with Crippen LogP contribution in [0.1, 0.15) is 42.5 Å². The molecular formula is C18H22ClN3O2. The minimum Gasteiger partial charge on any atom is -0.349 e. The van der Waals surface area contributed by atoms with Crippen molar-refractivity contribution in [3.8, 4) is 0 Å². The van der Waals surface area contributed by atoms with E-state index >= 15 is 0 Å². The van der Waals surface area contributed by atoms with E-state index in [-0.39, 0.29) is 18.0 Å². The van der Waals surface area contributed by atoms with E-state index in [9.17, 15) is 9.59 Å². The van der Waals surface area contributed by atoms with Crippen LogP contribution in [0.15, 0.2) is 30.4 Å². The highest BCUT2D eigenvalue weighted by molar-refractivity contribution is 6.34. The standard InChI is InChI=1S/C18H22ClN3O2/c19-16-10-14(8-9-15(16)17(23)21-13-6-7-13)22-18(24)20-11-12-4-2-1-3-5-12/h1-2,8-10,12-13H,3-7,11H2,(H,21,23)(H2,20,22,24)/t12-/m0/s1. The van der Waals surface area contributed by atoms with Gasteiger partial charge in [-0.15, -0.1) is 0 Å². The van der Waals surface area contributed by atoms with Crippen molar-refractivity contribution in [3.05, 3.63) is 40.9 Å². The van der Waals surface area contributed by atoms with Gasteiger partial charge in [0.1, 0.15) is 0 Å². The minimum atomic E-state index is -0.254. The van der Waals surface area contributed by atoms with Gasteiger partial charge in [-0.05, 0) is 56.2 Å². The number of hydrogen-bond acceptors (Lipinski definition) is 2. The second-order valence-corrected chi connectivity index (χ2v) is 6.84. The van der Waals surface area contributed by atoms with Crippen molar-refractivity contribution in [2.45, 2.75) is 38.1 Å². The lowest BCUT2D eigenvalue weighted by molar-refractivity contribution is 0.0951. The molecule has 5 nitrogen and oxygen atoms in total. The van der Waals surface area contributed by atoms with Gasteiger partial charge in [-0.3, -0.25) is 4.79 Å². The average molecular weight is 348 g/mol. The van der Waals surface area contributed by atoms with Crippen LogP contribution in [-0.4, -0.2) is 24.5 Å². The summed E-state index contributed by atoms with van der Waals surface area (Å²) in [7, 11) is 0. The first-order valence-corrected chi connectivity index (χ1v) is 8.80. The quantitative estimate of drug-likeness (QED) is 0.710. The molecule has 2 aliphatic carbocycles. The maximum atomic E-state index is 12.0. The normalized spacial score (nSPS) is 19.6. The summed E-state index contributed by atoms with van der Waals surface area (Å²) in [6.07, 6.45) is 9.59. The Morgan fingerprint density at radius 3 is 2.67 bits per heavy atom. The summed E-state index contributed by atoms with van der Waals surface area (Å²) in [6, 6.07) is 4.97. The molecule has 24 heavy (non-hydrogen) atoms. The number of carbonyl (C=O) groups excluding carboxylic acids is 2. The van der Waals surface area contributed by atoms with E-state index in [1.165, 1.54) is 0 Å². The molecule has 0 saturated heterocycles. The van der Waals surface area contributed by atoms with Gasteiger partial charge in [0.15, 0.2) is 0 Å². The molecular weight excluding hydrogens is 326 g/mol. The van der Waals surface area contributed by atoms with Crippen molar-refractivity contribution >= 4 is 29.2 Å². The summed E-state index contributed by atoms with van der Waals surface area (Å²) in [5.74, 6) is 0.335. The van der Waals surface area contributed by atoms with Gasteiger partial charge in [0, 0.05) is 18.3 Å². The zero-order valence-electron chi connectivity index (χ0n) is 13.5. The Hall–Kier alpha value is -2.01. The first-order chi connectivity index (χ1) is 11.6. The van der Waals surface area contributed by atoms with Gasteiger partial charge in [0.25, 0.3) is 5.91 Å². The molecule has 128 valence electrons. The smallest absolute Gasteiger partial charge is 0.319 e. The third kappa shape index (κ3) is 4.74. The molecule has 0 spiro atoms. The fourth-order valence-corrected chi connectivity index (χ4v) is 2.99. The van der Waals surface area contributed by atoms with Crippen LogP contribution in [0.2, 0.25) is 5.02 Å². The minimum absolute atomic E-state index is 0.163. The number of amides is 3. The second kappa shape index (κ2) is 7.71. The van der Waals surface area contributed by atoms with Gasteiger partial charge in [0.05, 0.1) is 10.6 Å². The molecule has 1 aromatic rings. The number of halogens is 1. The number of nitrogens with one attached hydrogen (secondary N) is 3. The van der Waals surface area contributed by atoms with E-state index in [4.69, 9.17) is 11.6 Å². The van der Waals surface area contributed by atoms with Crippen molar-refractivity contribution in [3.63, 3.8) is 0 Å². The molecule has 0 heterocycles. The van der Waals surface area contributed by atoms with Gasteiger partial charge < -0.3 is 16.0 Å². The van der Waals surface area contributed by atoms with Crippen LogP contribution in [0, 0.1) is 5.92 Å². The van der Waals surface area contributed by atoms with Gasteiger partial charge in [0.2, 0.25) is 0 Å². The Labute approximate surface area is 146 Å². The first kappa shape index (κ1) is 16.8. The molecule has 3 N–H and O–H groups in total. The van der Waals surface area contributed by atoms with Crippen LogP contribution < -0.4 is 16.0 Å². The fraction of sp³-hybridized carbons (Fsp3) is 0.444. The summed E-state index contributed by atoms with van der Waals surface area (Å²) in [5.41, 5.74) is 1.01. The zero-order valence-corrected chi connectivity index (χ0v) is 14.2. The molecule has 3 amide bonds. The predicted molar refractivity (Wildman–Crippen MR) is 95.4 cm³/mol. The summed E-state index contributed by atoms with van der Waals surface area (Å²) in [6.45, 7) is 0.659. The van der Waals surface area contributed by atoms with Crippen molar-refractivity contribution < 1.29 is 9.59 Å². The lowest BCUT2D eigenvalue weighted by Crippen LogP contribution is -2.33. The monoisotopic (exact) mass is 347 g/mol. The van der Waals surface area contributed by atoms with Gasteiger partial charge in [-0.25, -0.2) is 4.79 Å². The molecule has 1 fully saturated rings. The Bertz CT molecular complexity index is 656. The molecule has 0 aliphatic heterocycles. The molecule has 0 unspecified atom stereocenters. The maximum absolute atomic E-state index is 12.0. The summed E-state index contributed by atoms with van der Waals surface area (Å²) >= 11 is 6.17. The van der Waals surface area contributed by atoms with E-state index in [0.29, 0.717) is 28.7 Å². The van der Waals surface area contributed by atoms with Crippen molar-refractivity contribution in [2.24, 2.45) is 5.92 Å². The first-order valence-electron chi connectivity index (χ1n) is 8.42. The largest absolute Gasteiger partial charge is 0.349 e. The van der Waals surface area contributed by atoms with Crippen molar-refractivity contribution in [1.82, 2.24) is 10.6 Å². The number of allylic oxidation sites excluding steroid dienone is 2. The molecule has 1 atom stereocenters. The number of anilines is 1. The van der Waals surface area contributed by atoms with Crippen LogP contribution in [0.25, 0.3) is 0 Å². The molecule has 1 aromatic carbocycles. The highest BCUT2D eigenvalue weighted by atomic mass is 35.5. The van der Waals surface area contributed by atoms with E-state index in [0.717, 1.165) is 32.1 Å². The third-order valence-electron chi connectivity index (χ3n) is 4.31. The topological polar surface area (TPSA) is 70.2 Å². The Morgan fingerprint density at radius 2 is 2.00 bits per heavy atom. The Balaban J connectivity index is 1.50. The van der Waals surface area contributed by atoms with E-state index in [2.05, 4.69) is 28.1 Å². The molecule has 0 bridgehead atoms. The third-order valence-corrected chi connectivity index (χ3v) is 4.63. The van der Waals surface area contributed by atoms with Crippen LogP contribution in [-0.2, 0) is 0 Å². The number of carbonyl (C=O) groups is 2. The predicted octanol–water partition coefficient (Wildman–Crippen LogP) is 3.71. The highest BCUT2D eigenvalue weighted by Crippen LogP contribution is 2.24. The van der Waals surface area contributed by atoms with Crippen LogP contribution in [0.4, 0.5) is 10.5 Å². The number of rotatable bonds is 5. The van der Waals surface area contributed by atoms with Gasteiger partial charge in [-0.2, -0.15) is 0 Å². The van der Waals surface area contributed by atoms with Crippen LogP contribution >= 0.6 is 11.6 Å². The molecule has 1 saturated carbocycles. The van der Waals surface area contributed by atoms with Crippen molar-refractivity contribution in [2.75, 3.05) is 11.9 Å². The van der Waals surface area contributed by atoms with E-state index < -0.39 is 0 Å². The Morgan fingerprint density at radius 1 is 1.17 bits per heavy atom. The molecule has 3 rings (SSSR count). The SMILES string of the molecule is O=C(NC[C@H]1CC=CCC1)Nc1ccc(C(=O)NC2CC2)c(Cl)c1. The van der Waals surface area contributed by atoms with E-state index in [1.807, 2.05) is 0 Å². The van der Waals surface area contributed by atoms with Crippen LogP contribution in [0.5, 0.6) is 0 Å². The lowest BCUT2D eigenvalue weighted by Gasteiger charge is -2.18. The van der Waals surface area contributed by atoms with E-state index in [1.54, 1.807) is 18.2 Å². The lowest BCUT2D eigenvalue weighted by atomic mass is 9.94. The maximum Gasteiger partial charge on any atom is 0.319 e. The number of urea groups is 1. The molecule has 0 aromatic heterocycles. The number of hydrogen-bond donors (Lipinski definition) is 3. The molecule has 2 aliphatic rings. The zero-order chi connectivity index (χ0) is 16.9.